The van der Waals surface area contributed by atoms with Crippen molar-refractivity contribution in [1.29, 1.82) is 0 Å². The Morgan fingerprint density at radius 3 is 2.81 bits per heavy atom. The molecule has 2 aromatic heterocycles. The Morgan fingerprint density at radius 1 is 1.27 bits per heavy atom. The van der Waals surface area contributed by atoms with E-state index in [0.717, 1.165) is 25.7 Å². The van der Waals surface area contributed by atoms with Crippen LogP contribution in [-0.4, -0.2) is 40.1 Å². The number of rotatable bonds is 6. The number of aromatic nitrogens is 3. The number of hydrogen-bond acceptors (Lipinski definition) is 8. The van der Waals surface area contributed by atoms with Gasteiger partial charge in [0.1, 0.15) is 17.1 Å². The van der Waals surface area contributed by atoms with Crippen molar-refractivity contribution in [3.8, 4) is 5.75 Å². The van der Waals surface area contributed by atoms with Crippen LogP contribution >= 0.6 is 0 Å². The first-order chi connectivity index (χ1) is 12.6. The predicted molar refractivity (Wildman–Crippen MR) is 98.5 cm³/mol. The SMILES string of the molecule is COc1cncc(Nc2nc(N[C@@H]3CCCC[C@@H]3N)ncc2C(N)=O)c1. The van der Waals surface area contributed by atoms with Crippen LogP contribution in [0.15, 0.2) is 24.7 Å². The van der Waals surface area contributed by atoms with Crippen LogP contribution in [0.1, 0.15) is 36.0 Å². The third-order valence-electron chi connectivity index (χ3n) is 4.40. The highest BCUT2D eigenvalue weighted by atomic mass is 16.5. The summed E-state index contributed by atoms with van der Waals surface area (Å²) < 4.78 is 5.15. The lowest BCUT2D eigenvalue weighted by Crippen LogP contribution is -2.43. The number of hydrogen-bond donors (Lipinski definition) is 4. The lowest BCUT2D eigenvalue weighted by atomic mass is 9.91. The van der Waals surface area contributed by atoms with Gasteiger partial charge in [-0.15, -0.1) is 0 Å². The fourth-order valence-corrected chi connectivity index (χ4v) is 2.97. The van der Waals surface area contributed by atoms with Gasteiger partial charge < -0.3 is 26.8 Å². The highest BCUT2D eigenvalue weighted by Crippen LogP contribution is 2.24. The van der Waals surface area contributed by atoms with E-state index in [1.807, 2.05) is 0 Å². The maximum atomic E-state index is 11.7. The largest absolute Gasteiger partial charge is 0.495 e. The zero-order valence-electron chi connectivity index (χ0n) is 14.6. The average molecular weight is 357 g/mol. The van der Waals surface area contributed by atoms with Crippen molar-refractivity contribution >= 4 is 23.4 Å². The fourth-order valence-electron chi connectivity index (χ4n) is 2.97. The van der Waals surface area contributed by atoms with E-state index in [9.17, 15) is 4.79 Å². The molecule has 2 heterocycles. The van der Waals surface area contributed by atoms with Crippen molar-refractivity contribution in [2.24, 2.45) is 11.5 Å². The van der Waals surface area contributed by atoms with Crippen LogP contribution in [0, 0.1) is 0 Å². The fraction of sp³-hybridized carbons (Fsp3) is 0.412. The maximum absolute atomic E-state index is 11.7. The molecule has 2 aromatic rings. The molecule has 1 saturated carbocycles. The second kappa shape index (κ2) is 7.96. The molecule has 0 unspecified atom stereocenters. The van der Waals surface area contributed by atoms with Crippen LogP contribution < -0.4 is 26.8 Å². The number of methoxy groups -OCH3 is 1. The van der Waals surface area contributed by atoms with E-state index in [0.29, 0.717) is 23.2 Å². The van der Waals surface area contributed by atoms with Gasteiger partial charge in [0.05, 0.1) is 25.2 Å². The smallest absolute Gasteiger partial charge is 0.254 e. The molecule has 0 radical (unpaired) electrons. The van der Waals surface area contributed by atoms with Crippen molar-refractivity contribution in [1.82, 2.24) is 15.0 Å². The molecule has 1 aliphatic carbocycles. The first kappa shape index (κ1) is 17.9. The molecule has 0 bridgehead atoms. The van der Waals surface area contributed by atoms with Gasteiger partial charge in [0, 0.05) is 24.3 Å². The molecule has 9 nitrogen and oxygen atoms in total. The minimum absolute atomic E-state index is 0.0576. The number of primary amides is 1. The van der Waals surface area contributed by atoms with Crippen molar-refractivity contribution in [3.05, 3.63) is 30.2 Å². The standard InChI is InChI=1S/C17H23N7O2/c1-26-11-6-10(7-20-8-11)22-16-12(15(19)25)9-21-17(24-16)23-14-5-3-2-4-13(14)18/h6-9,13-14H,2-5,18H2,1H3,(H2,19,25)(H2,21,22,23,24)/t13-,14+/m0/s1. The number of ether oxygens (including phenoxy) is 1. The van der Waals surface area contributed by atoms with Crippen LogP contribution in [-0.2, 0) is 0 Å². The molecular formula is C17H23N7O2. The Morgan fingerprint density at radius 2 is 2.08 bits per heavy atom. The number of amides is 1. The van der Waals surface area contributed by atoms with Gasteiger partial charge in [-0.05, 0) is 12.8 Å². The molecule has 138 valence electrons. The summed E-state index contributed by atoms with van der Waals surface area (Å²) in [5.41, 5.74) is 12.4. The summed E-state index contributed by atoms with van der Waals surface area (Å²) in [5.74, 6) is 0.658. The summed E-state index contributed by atoms with van der Waals surface area (Å²) in [4.78, 5) is 24.4. The Balaban J connectivity index is 1.85. The third kappa shape index (κ3) is 4.17. The summed E-state index contributed by atoms with van der Waals surface area (Å²) >= 11 is 0. The first-order valence-corrected chi connectivity index (χ1v) is 8.52. The Labute approximate surface area is 151 Å². The maximum Gasteiger partial charge on any atom is 0.254 e. The number of nitrogens with two attached hydrogens (primary N) is 2. The van der Waals surface area contributed by atoms with E-state index in [2.05, 4.69) is 25.6 Å². The summed E-state index contributed by atoms with van der Waals surface area (Å²) in [7, 11) is 1.55. The molecule has 6 N–H and O–H groups in total. The van der Waals surface area contributed by atoms with Gasteiger partial charge >= 0.3 is 0 Å². The van der Waals surface area contributed by atoms with E-state index in [4.69, 9.17) is 16.2 Å². The first-order valence-electron chi connectivity index (χ1n) is 8.52. The molecule has 1 amide bonds. The molecule has 26 heavy (non-hydrogen) atoms. The van der Waals surface area contributed by atoms with Gasteiger partial charge in [0.2, 0.25) is 5.95 Å². The van der Waals surface area contributed by atoms with Crippen molar-refractivity contribution < 1.29 is 9.53 Å². The zero-order valence-corrected chi connectivity index (χ0v) is 14.6. The van der Waals surface area contributed by atoms with Crippen molar-refractivity contribution in [3.63, 3.8) is 0 Å². The third-order valence-corrected chi connectivity index (χ3v) is 4.40. The molecule has 1 aliphatic rings. The number of nitrogens with one attached hydrogen (secondary N) is 2. The molecule has 0 aromatic carbocycles. The van der Waals surface area contributed by atoms with Crippen molar-refractivity contribution in [2.45, 2.75) is 37.8 Å². The summed E-state index contributed by atoms with van der Waals surface area (Å²) in [6.07, 6.45) is 8.77. The predicted octanol–water partition coefficient (Wildman–Crippen LogP) is 1.40. The van der Waals surface area contributed by atoms with E-state index < -0.39 is 5.91 Å². The van der Waals surface area contributed by atoms with Crippen LogP contribution in [0.25, 0.3) is 0 Å². The molecule has 2 atom stereocenters. The van der Waals surface area contributed by atoms with Crippen LogP contribution in [0.4, 0.5) is 17.5 Å². The minimum Gasteiger partial charge on any atom is -0.495 e. The van der Waals surface area contributed by atoms with Gasteiger partial charge in [0.15, 0.2) is 0 Å². The van der Waals surface area contributed by atoms with E-state index in [-0.39, 0.29) is 17.6 Å². The topological polar surface area (TPSA) is 141 Å². The molecule has 0 aliphatic heterocycles. The highest BCUT2D eigenvalue weighted by molar-refractivity contribution is 5.98. The monoisotopic (exact) mass is 357 g/mol. The zero-order chi connectivity index (χ0) is 18.5. The van der Waals surface area contributed by atoms with Gasteiger partial charge in [-0.1, -0.05) is 12.8 Å². The molecule has 3 rings (SSSR count). The molecular weight excluding hydrogens is 334 g/mol. The van der Waals surface area contributed by atoms with Crippen LogP contribution in [0.5, 0.6) is 5.75 Å². The Hall–Kier alpha value is -2.94. The summed E-state index contributed by atoms with van der Waals surface area (Å²) in [5, 5.41) is 6.32. The normalized spacial score (nSPS) is 19.6. The Bertz CT molecular complexity index is 783. The Kier molecular flexibility index (Phi) is 5.47. The van der Waals surface area contributed by atoms with Gasteiger partial charge in [0.25, 0.3) is 5.91 Å². The number of anilines is 3. The van der Waals surface area contributed by atoms with Crippen molar-refractivity contribution in [2.75, 3.05) is 17.7 Å². The number of pyridine rings is 1. The van der Waals surface area contributed by atoms with E-state index >= 15 is 0 Å². The van der Waals surface area contributed by atoms with E-state index in [1.54, 1.807) is 25.6 Å². The number of carbonyl (C=O) groups is 1. The summed E-state index contributed by atoms with van der Waals surface area (Å²) in [6.45, 7) is 0. The molecule has 9 heteroatoms. The number of carbonyl (C=O) groups excluding carboxylic acids is 1. The summed E-state index contributed by atoms with van der Waals surface area (Å²) in [6, 6.07) is 1.90. The van der Waals surface area contributed by atoms with Gasteiger partial charge in [-0.3, -0.25) is 9.78 Å². The van der Waals surface area contributed by atoms with Gasteiger partial charge in [-0.2, -0.15) is 4.98 Å². The van der Waals surface area contributed by atoms with Gasteiger partial charge in [-0.25, -0.2) is 4.98 Å². The van der Waals surface area contributed by atoms with Crippen LogP contribution in [0.2, 0.25) is 0 Å². The van der Waals surface area contributed by atoms with E-state index in [1.165, 1.54) is 6.20 Å². The highest BCUT2D eigenvalue weighted by Gasteiger charge is 2.23. The minimum atomic E-state index is -0.621. The molecule has 1 fully saturated rings. The number of nitrogens with zero attached hydrogens (tertiary/aromatic N) is 3. The lowest BCUT2D eigenvalue weighted by molar-refractivity contribution is 0.100. The molecule has 0 saturated heterocycles. The molecule has 0 spiro atoms. The quantitative estimate of drug-likeness (QED) is 0.608. The average Bonchev–Trinajstić information content (AvgIpc) is 2.64. The van der Waals surface area contributed by atoms with Crippen LogP contribution in [0.3, 0.4) is 0 Å². The second-order valence-electron chi connectivity index (χ2n) is 6.26. The lowest BCUT2D eigenvalue weighted by Gasteiger charge is -2.29. The second-order valence-corrected chi connectivity index (χ2v) is 6.26.